The molecule has 0 radical (unpaired) electrons. The van der Waals surface area contributed by atoms with Crippen LogP contribution in [0, 0.1) is 0 Å². The molecular formula is C18H20N2O8S2. The first-order valence-electron chi connectivity index (χ1n) is 8.82. The fourth-order valence-corrected chi connectivity index (χ4v) is 5.80. The van der Waals surface area contributed by atoms with Crippen molar-refractivity contribution in [2.24, 2.45) is 0 Å². The average molecular weight is 456 g/mol. The van der Waals surface area contributed by atoms with E-state index in [2.05, 4.69) is 0 Å². The van der Waals surface area contributed by atoms with Crippen molar-refractivity contribution in [1.82, 2.24) is 9.79 Å². The lowest BCUT2D eigenvalue weighted by atomic mass is 10.0. The van der Waals surface area contributed by atoms with Gasteiger partial charge in [-0.15, -0.1) is 11.3 Å². The summed E-state index contributed by atoms with van der Waals surface area (Å²) in [5.74, 6) is -1.27. The summed E-state index contributed by atoms with van der Waals surface area (Å²) in [5.41, 5.74) is 1.78. The number of thiophene rings is 1. The summed E-state index contributed by atoms with van der Waals surface area (Å²) in [6, 6.07) is 5.31. The van der Waals surface area contributed by atoms with E-state index < -0.39 is 34.0 Å². The SMILES string of the molecule is CCOC(=O)c1cc2c(s1)C(O)C(C(=O)NO)N(S(=O)(=O)c1ccc(OC)cc1)C2. The van der Waals surface area contributed by atoms with E-state index in [9.17, 15) is 23.1 Å². The van der Waals surface area contributed by atoms with Crippen LogP contribution in [0.3, 0.4) is 0 Å². The van der Waals surface area contributed by atoms with Crippen LogP contribution in [0.1, 0.15) is 33.1 Å². The van der Waals surface area contributed by atoms with Crippen LogP contribution in [0.2, 0.25) is 0 Å². The number of carbonyl (C=O) groups excluding carboxylic acids is 2. The number of fused-ring (bicyclic) bond motifs is 1. The molecule has 3 N–H and O–H groups in total. The predicted octanol–water partition coefficient (Wildman–Crippen LogP) is 1.05. The standard InChI is InChI=1S/C18H20N2O8S2/c1-3-28-18(23)13-8-10-9-20(14(17(22)19-24)15(21)16(10)29-13)30(25,26)12-6-4-11(27-2)5-7-12/h4-8,14-15,21,24H,3,9H2,1-2H3,(H,19,22). The number of sulfonamides is 1. The van der Waals surface area contributed by atoms with E-state index in [0.29, 0.717) is 11.3 Å². The molecule has 0 bridgehead atoms. The highest BCUT2D eigenvalue weighted by atomic mass is 32.2. The Kier molecular flexibility index (Phi) is 6.43. The second-order valence-electron chi connectivity index (χ2n) is 6.31. The fraction of sp³-hybridized carbons (Fsp3) is 0.333. The summed E-state index contributed by atoms with van der Waals surface area (Å²) >= 11 is 0.912. The molecule has 0 spiro atoms. The van der Waals surface area contributed by atoms with Gasteiger partial charge in [-0.05, 0) is 42.8 Å². The van der Waals surface area contributed by atoms with Gasteiger partial charge in [-0.25, -0.2) is 18.7 Å². The minimum Gasteiger partial charge on any atom is -0.497 e. The molecule has 2 unspecified atom stereocenters. The Morgan fingerprint density at radius 2 is 1.97 bits per heavy atom. The Labute approximate surface area is 176 Å². The van der Waals surface area contributed by atoms with Crippen molar-refractivity contribution < 1.29 is 37.8 Å². The lowest BCUT2D eigenvalue weighted by Crippen LogP contribution is -2.53. The van der Waals surface area contributed by atoms with E-state index in [-0.39, 0.29) is 27.8 Å². The van der Waals surface area contributed by atoms with Crippen molar-refractivity contribution in [2.75, 3.05) is 13.7 Å². The number of amides is 1. The molecule has 0 fully saturated rings. The van der Waals surface area contributed by atoms with Gasteiger partial charge >= 0.3 is 5.97 Å². The van der Waals surface area contributed by atoms with Crippen molar-refractivity contribution in [3.63, 3.8) is 0 Å². The first kappa shape index (κ1) is 22.2. The molecule has 1 amide bonds. The number of nitrogens with zero attached hydrogens (tertiary/aromatic N) is 1. The third-order valence-electron chi connectivity index (χ3n) is 4.57. The quantitative estimate of drug-likeness (QED) is 0.333. The second-order valence-corrected chi connectivity index (χ2v) is 9.29. The highest BCUT2D eigenvalue weighted by Crippen LogP contribution is 2.40. The third-order valence-corrected chi connectivity index (χ3v) is 7.64. The van der Waals surface area contributed by atoms with Gasteiger partial charge in [0, 0.05) is 11.4 Å². The maximum absolute atomic E-state index is 13.2. The molecule has 1 aromatic heterocycles. The number of aliphatic hydroxyl groups is 1. The zero-order chi connectivity index (χ0) is 22.1. The number of esters is 1. The van der Waals surface area contributed by atoms with Crippen LogP contribution < -0.4 is 10.2 Å². The summed E-state index contributed by atoms with van der Waals surface area (Å²) < 4.78 is 37.2. The number of carbonyl (C=O) groups is 2. The Morgan fingerprint density at radius 3 is 2.53 bits per heavy atom. The van der Waals surface area contributed by atoms with Crippen molar-refractivity contribution in [2.45, 2.75) is 30.5 Å². The van der Waals surface area contributed by atoms with Crippen LogP contribution >= 0.6 is 11.3 Å². The number of rotatable bonds is 6. The summed E-state index contributed by atoms with van der Waals surface area (Å²) in [5, 5.41) is 19.9. The molecule has 0 saturated heterocycles. The molecule has 2 aromatic rings. The van der Waals surface area contributed by atoms with Gasteiger partial charge in [0.05, 0.1) is 18.6 Å². The Balaban J connectivity index is 2.06. The molecule has 162 valence electrons. The second kappa shape index (κ2) is 8.70. The summed E-state index contributed by atoms with van der Waals surface area (Å²) in [6.07, 6.45) is -1.60. The van der Waals surface area contributed by atoms with E-state index in [1.54, 1.807) is 6.92 Å². The highest BCUT2D eigenvalue weighted by molar-refractivity contribution is 7.89. The maximum Gasteiger partial charge on any atom is 0.348 e. The van der Waals surface area contributed by atoms with Crippen molar-refractivity contribution in [3.8, 4) is 5.75 Å². The van der Waals surface area contributed by atoms with Crippen LogP contribution in [-0.2, 0) is 26.1 Å². The van der Waals surface area contributed by atoms with E-state index in [1.807, 2.05) is 0 Å². The van der Waals surface area contributed by atoms with E-state index >= 15 is 0 Å². The third kappa shape index (κ3) is 3.91. The van der Waals surface area contributed by atoms with Crippen LogP contribution in [0.5, 0.6) is 5.75 Å². The van der Waals surface area contributed by atoms with E-state index in [0.717, 1.165) is 15.6 Å². The van der Waals surface area contributed by atoms with Gasteiger partial charge in [0.25, 0.3) is 5.91 Å². The molecule has 10 nitrogen and oxygen atoms in total. The van der Waals surface area contributed by atoms with E-state index in [1.165, 1.54) is 42.9 Å². The molecule has 30 heavy (non-hydrogen) atoms. The summed E-state index contributed by atoms with van der Waals surface area (Å²) in [4.78, 5) is 24.6. The number of methoxy groups -OCH3 is 1. The molecular weight excluding hydrogens is 436 g/mol. The number of hydroxylamine groups is 1. The molecule has 1 aliphatic rings. The lowest BCUT2D eigenvalue weighted by Gasteiger charge is -2.36. The first-order chi connectivity index (χ1) is 14.2. The predicted molar refractivity (Wildman–Crippen MR) is 105 cm³/mol. The van der Waals surface area contributed by atoms with Crippen LogP contribution in [0.25, 0.3) is 0 Å². The van der Waals surface area contributed by atoms with Crippen molar-refractivity contribution >= 4 is 33.2 Å². The average Bonchev–Trinajstić information content (AvgIpc) is 3.18. The Morgan fingerprint density at radius 1 is 1.30 bits per heavy atom. The largest absolute Gasteiger partial charge is 0.497 e. The maximum atomic E-state index is 13.2. The zero-order valence-corrected chi connectivity index (χ0v) is 17.7. The highest BCUT2D eigenvalue weighted by Gasteiger charge is 2.46. The Bertz CT molecular complexity index is 1050. The smallest absolute Gasteiger partial charge is 0.348 e. The lowest BCUT2D eigenvalue weighted by molar-refractivity contribution is -0.137. The van der Waals surface area contributed by atoms with Gasteiger partial charge in [-0.1, -0.05) is 0 Å². The molecule has 12 heteroatoms. The van der Waals surface area contributed by atoms with Crippen LogP contribution in [-0.4, -0.2) is 54.7 Å². The monoisotopic (exact) mass is 456 g/mol. The number of ether oxygens (including phenoxy) is 2. The topological polar surface area (TPSA) is 142 Å². The van der Waals surface area contributed by atoms with Crippen LogP contribution in [0.15, 0.2) is 35.2 Å². The van der Waals surface area contributed by atoms with Gasteiger partial charge in [0.1, 0.15) is 22.8 Å². The van der Waals surface area contributed by atoms with Crippen LogP contribution in [0.4, 0.5) is 0 Å². The fourth-order valence-electron chi connectivity index (χ4n) is 3.14. The number of aliphatic hydroxyl groups excluding tert-OH is 1. The number of nitrogens with one attached hydrogen (secondary N) is 1. The molecule has 1 aromatic carbocycles. The van der Waals surface area contributed by atoms with Crippen molar-refractivity contribution in [3.05, 3.63) is 45.6 Å². The number of hydrogen-bond donors (Lipinski definition) is 3. The molecule has 1 aliphatic heterocycles. The first-order valence-corrected chi connectivity index (χ1v) is 11.1. The molecule has 0 aliphatic carbocycles. The van der Waals surface area contributed by atoms with Gasteiger partial charge in [-0.3, -0.25) is 10.0 Å². The minimum absolute atomic E-state index is 0.129. The summed E-state index contributed by atoms with van der Waals surface area (Å²) in [6.45, 7) is 1.51. The summed E-state index contributed by atoms with van der Waals surface area (Å²) in [7, 11) is -2.82. The van der Waals surface area contributed by atoms with Gasteiger partial charge in [0.2, 0.25) is 10.0 Å². The van der Waals surface area contributed by atoms with Gasteiger partial charge < -0.3 is 14.6 Å². The molecule has 2 heterocycles. The van der Waals surface area contributed by atoms with Gasteiger partial charge in [-0.2, -0.15) is 4.31 Å². The molecule has 0 saturated carbocycles. The zero-order valence-electron chi connectivity index (χ0n) is 16.1. The number of hydrogen-bond acceptors (Lipinski definition) is 9. The number of benzene rings is 1. The molecule has 2 atom stereocenters. The van der Waals surface area contributed by atoms with E-state index in [4.69, 9.17) is 14.7 Å². The Hall–Kier alpha value is -2.51. The van der Waals surface area contributed by atoms with Gasteiger partial charge in [0.15, 0.2) is 0 Å². The molecule has 3 rings (SSSR count). The normalized spacial score (nSPS) is 19.1. The van der Waals surface area contributed by atoms with Crippen molar-refractivity contribution in [1.29, 1.82) is 0 Å². The minimum atomic E-state index is -4.25.